The summed E-state index contributed by atoms with van der Waals surface area (Å²) in [5, 5.41) is 1.84. The maximum absolute atomic E-state index is 5.94. The molecule has 3 nitrogen and oxygen atoms in total. The van der Waals surface area contributed by atoms with Gasteiger partial charge in [0.05, 0.1) is 12.7 Å². The third kappa shape index (κ3) is 3.80. The van der Waals surface area contributed by atoms with E-state index in [1.54, 1.807) is 0 Å². The first-order chi connectivity index (χ1) is 8.25. The van der Waals surface area contributed by atoms with Crippen LogP contribution < -0.4 is 5.84 Å². The summed E-state index contributed by atoms with van der Waals surface area (Å²) in [5.41, 5.74) is 1.26. The molecule has 94 valence electrons. The van der Waals surface area contributed by atoms with Crippen molar-refractivity contribution in [3.05, 3.63) is 35.9 Å². The van der Waals surface area contributed by atoms with Crippen LogP contribution in [0.1, 0.15) is 31.2 Å². The number of ether oxygens (including phenoxy) is 1. The van der Waals surface area contributed by atoms with Crippen molar-refractivity contribution in [2.75, 3.05) is 7.05 Å². The molecule has 0 atom stereocenters. The molecule has 1 saturated carbocycles. The van der Waals surface area contributed by atoms with E-state index in [0.717, 1.165) is 32.3 Å². The number of nitrogens with two attached hydrogens (primary N) is 1. The lowest BCUT2D eigenvalue weighted by molar-refractivity contribution is 0.000447. The van der Waals surface area contributed by atoms with Crippen molar-refractivity contribution in [1.29, 1.82) is 0 Å². The van der Waals surface area contributed by atoms with E-state index < -0.39 is 0 Å². The lowest BCUT2D eigenvalue weighted by Gasteiger charge is -2.32. The molecule has 0 unspecified atom stereocenters. The number of nitrogens with zero attached hydrogens (tertiary/aromatic N) is 1. The molecule has 2 rings (SSSR count). The average molecular weight is 234 g/mol. The van der Waals surface area contributed by atoms with Gasteiger partial charge < -0.3 is 4.74 Å². The zero-order chi connectivity index (χ0) is 12.1. The van der Waals surface area contributed by atoms with Crippen molar-refractivity contribution >= 4 is 0 Å². The Morgan fingerprint density at radius 3 is 2.41 bits per heavy atom. The highest BCUT2D eigenvalue weighted by Crippen LogP contribution is 2.23. The molecule has 0 saturated heterocycles. The molecule has 0 amide bonds. The molecule has 1 fully saturated rings. The predicted octanol–water partition coefficient (Wildman–Crippen LogP) is 2.32. The number of hydrogen-bond acceptors (Lipinski definition) is 3. The van der Waals surface area contributed by atoms with E-state index in [-0.39, 0.29) is 0 Å². The van der Waals surface area contributed by atoms with Gasteiger partial charge >= 0.3 is 0 Å². The van der Waals surface area contributed by atoms with Crippen LogP contribution in [0.15, 0.2) is 30.3 Å². The Kier molecular flexibility index (Phi) is 4.54. The van der Waals surface area contributed by atoms with E-state index in [9.17, 15) is 0 Å². The Labute approximate surface area is 104 Å². The van der Waals surface area contributed by atoms with Gasteiger partial charge in [0.25, 0.3) is 0 Å². The fraction of sp³-hybridized carbons (Fsp3) is 0.571. The van der Waals surface area contributed by atoms with Crippen LogP contribution >= 0.6 is 0 Å². The van der Waals surface area contributed by atoms with Gasteiger partial charge in [-0.15, -0.1) is 0 Å². The van der Waals surface area contributed by atoms with E-state index in [1.165, 1.54) is 5.56 Å². The van der Waals surface area contributed by atoms with Gasteiger partial charge in [0.1, 0.15) is 0 Å². The summed E-state index contributed by atoms with van der Waals surface area (Å²) in [6.45, 7) is 0.731. The molecule has 3 heteroatoms. The van der Waals surface area contributed by atoms with Crippen molar-refractivity contribution in [2.24, 2.45) is 5.84 Å². The molecule has 0 aromatic heterocycles. The standard InChI is InChI=1S/C14H22N2O/c1-16(15)13-7-9-14(10-8-13)17-11-12-5-3-2-4-6-12/h2-6,13-14H,7-11,15H2,1H3. The number of hydrazine groups is 1. The molecular formula is C14H22N2O. The maximum atomic E-state index is 5.94. The highest BCUT2D eigenvalue weighted by molar-refractivity contribution is 5.13. The van der Waals surface area contributed by atoms with Crippen LogP contribution in [0.25, 0.3) is 0 Å². The third-order valence-electron chi connectivity index (χ3n) is 3.55. The minimum absolute atomic E-state index is 0.409. The monoisotopic (exact) mass is 234 g/mol. The van der Waals surface area contributed by atoms with Crippen LogP contribution in [0.5, 0.6) is 0 Å². The van der Waals surface area contributed by atoms with E-state index in [4.69, 9.17) is 10.6 Å². The summed E-state index contributed by atoms with van der Waals surface area (Å²) >= 11 is 0. The summed E-state index contributed by atoms with van der Waals surface area (Å²) in [4.78, 5) is 0. The average Bonchev–Trinajstić information content (AvgIpc) is 2.38. The maximum Gasteiger partial charge on any atom is 0.0720 e. The summed E-state index contributed by atoms with van der Waals surface area (Å²) in [7, 11) is 1.95. The minimum Gasteiger partial charge on any atom is -0.374 e. The normalized spacial score (nSPS) is 25.1. The third-order valence-corrected chi connectivity index (χ3v) is 3.55. The Balaban J connectivity index is 1.72. The SMILES string of the molecule is CN(N)C1CCC(OCc2ccccc2)CC1. The molecule has 17 heavy (non-hydrogen) atoms. The highest BCUT2D eigenvalue weighted by atomic mass is 16.5. The van der Waals surface area contributed by atoms with Gasteiger partial charge in [-0.2, -0.15) is 0 Å². The summed E-state index contributed by atoms with van der Waals surface area (Å²) in [6, 6.07) is 10.9. The second kappa shape index (κ2) is 6.15. The van der Waals surface area contributed by atoms with Crippen LogP contribution in [0, 0.1) is 0 Å². The molecule has 0 spiro atoms. The number of hydrogen-bond donors (Lipinski definition) is 1. The molecule has 1 aromatic carbocycles. The molecule has 1 aliphatic rings. The molecule has 0 aliphatic heterocycles. The van der Waals surface area contributed by atoms with Gasteiger partial charge in [0.2, 0.25) is 0 Å². The Morgan fingerprint density at radius 2 is 1.82 bits per heavy atom. The Bertz CT molecular complexity index is 318. The van der Waals surface area contributed by atoms with Crippen LogP contribution in [0.4, 0.5) is 0 Å². The summed E-state index contributed by atoms with van der Waals surface area (Å²) in [6.07, 6.45) is 4.95. The van der Waals surface area contributed by atoms with Crippen LogP contribution in [0.3, 0.4) is 0 Å². The topological polar surface area (TPSA) is 38.5 Å². The quantitative estimate of drug-likeness (QED) is 0.642. The van der Waals surface area contributed by atoms with Crippen LogP contribution in [-0.2, 0) is 11.3 Å². The zero-order valence-corrected chi connectivity index (χ0v) is 10.5. The first-order valence-electron chi connectivity index (χ1n) is 6.39. The zero-order valence-electron chi connectivity index (χ0n) is 10.5. The largest absolute Gasteiger partial charge is 0.374 e. The van der Waals surface area contributed by atoms with Gasteiger partial charge in [-0.1, -0.05) is 30.3 Å². The Morgan fingerprint density at radius 1 is 1.18 bits per heavy atom. The predicted molar refractivity (Wildman–Crippen MR) is 69.2 cm³/mol. The van der Waals surface area contributed by atoms with Crippen molar-refractivity contribution in [3.8, 4) is 0 Å². The second-order valence-corrected chi connectivity index (χ2v) is 4.89. The van der Waals surface area contributed by atoms with E-state index >= 15 is 0 Å². The molecular weight excluding hydrogens is 212 g/mol. The van der Waals surface area contributed by atoms with Gasteiger partial charge in [-0.3, -0.25) is 5.84 Å². The first-order valence-corrected chi connectivity index (χ1v) is 6.39. The fourth-order valence-corrected chi connectivity index (χ4v) is 2.41. The van der Waals surface area contributed by atoms with Crippen LogP contribution in [0.2, 0.25) is 0 Å². The van der Waals surface area contributed by atoms with Gasteiger partial charge in [-0.25, -0.2) is 5.01 Å². The molecule has 2 N–H and O–H groups in total. The van der Waals surface area contributed by atoms with Gasteiger partial charge in [-0.05, 0) is 31.2 Å². The molecule has 0 bridgehead atoms. The lowest BCUT2D eigenvalue weighted by Crippen LogP contribution is -2.41. The number of benzene rings is 1. The summed E-state index contributed by atoms with van der Waals surface area (Å²) < 4.78 is 5.94. The van der Waals surface area contributed by atoms with E-state index in [1.807, 2.05) is 18.1 Å². The fourth-order valence-electron chi connectivity index (χ4n) is 2.41. The first kappa shape index (κ1) is 12.6. The smallest absolute Gasteiger partial charge is 0.0720 e. The number of rotatable bonds is 4. The molecule has 1 aliphatic carbocycles. The Hall–Kier alpha value is -0.900. The highest BCUT2D eigenvalue weighted by Gasteiger charge is 2.22. The summed E-state index contributed by atoms with van der Waals surface area (Å²) in [5.74, 6) is 5.77. The van der Waals surface area contributed by atoms with E-state index in [2.05, 4.69) is 24.3 Å². The minimum atomic E-state index is 0.409. The molecule has 1 aromatic rings. The van der Waals surface area contributed by atoms with E-state index in [0.29, 0.717) is 12.1 Å². The van der Waals surface area contributed by atoms with Crippen molar-refractivity contribution < 1.29 is 4.74 Å². The van der Waals surface area contributed by atoms with Gasteiger partial charge in [0, 0.05) is 13.1 Å². The molecule has 0 heterocycles. The second-order valence-electron chi connectivity index (χ2n) is 4.89. The van der Waals surface area contributed by atoms with Crippen molar-refractivity contribution in [2.45, 2.75) is 44.4 Å². The lowest BCUT2D eigenvalue weighted by atomic mass is 9.93. The van der Waals surface area contributed by atoms with Crippen molar-refractivity contribution in [3.63, 3.8) is 0 Å². The van der Waals surface area contributed by atoms with Crippen LogP contribution in [-0.4, -0.2) is 24.2 Å². The van der Waals surface area contributed by atoms with Gasteiger partial charge in [0.15, 0.2) is 0 Å². The van der Waals surface area contributed by atoms with Crippen molar-refractivity contribution in [1.82, 2.24) is 5.01 Å². The molecule has 0 radical (unpaired) electrons.